The zero-order valence-corrected chi connectivity index (χ0v) is 7.37. The first-order valence-electron chi connectivity index (χ1n) is 4.14. The van der Waals surface area contributed by atoms with Crippen LogP contribution in [0.1, 0.15) is 23.7 Å². The van der Waals surface area contributed by atoms with E-state index in [-0.39, 0.29) is 5.78 Å². The summed E-state index contributed by atoms with van der Waals surface area (Å²) < 4.78 is 0. The highest BCUT2D eigenvalue weighted by Gasteiger charge is 2.17. The third-order valence-electron chi connectivity index (χ3n) is 2.05. The van der Waals surface area contributed by atoms with Gasteiger partial charge in [-0.1, -0.05) is 0 Å². The van der Waals surface area contributed by atoms with Crippen molar-refractivity contribution in [3.05, 3.63) is 23.8 Å². The average Bonchev–Trinajstić information content (AvgIpc) is 2.06. The van der Waals surface area contributed by atoms with E-state index in [9.17, 15) is 4.79 Å². The fourth-order valence-corrected chi connectivity index (χ4v) is 1.45. The summed E-state index contributed by atoms with van der Waals surface area (Å²) >= 11 is 0. The van der Waals surface area contributed by atoms with Crippen molar-refractivity contribution in [2.75, 3.05) is 5.73 Å². The van der Waals surface area contributed by atoms with Crippen LogP contribution in [-0.4, -0.2) is 11.5 Å². The molecular weight excluding hydrogens is 164 g/mol. The predicted octanol–water partition coefficient (Wildman–Crippen LogP) is 1.95. The van der Waals surface area contributed by atoms with E-state index in [2.05, 4.69) is 4.99 Å². The minimum atomic E-state index is 0.106. The Morgan fingerprint density at radius 3 is 3.00 bits per heavy atom. The van der Waals surface area contributed by atoms with Gasteiger partial charge in [-0.25, -0.2) is 0 Å². The predicted molar refractivity (Wildman–Crippen MR) is 52.6 cm³/mol. The summed E-state index contributed by atoms with van der Waals surface area (Å²) in [5.74, 6) is 0.106. The lowest BCUT2D eigenvalue weighted by atomic mass is 10.0. The molecule has 0 aliphatic carbocycles. The molecule has 2 rings (SSSR count). The highest BCUT2D eigenvalue weighted by molar-refractivity contribution is 6.15. The number of fused-ring (bicyclic) bond motifs is 1. The van der Waals surface area contributed by atoms with Crippen LogP contribution in [0.15, 0.2) is 23.2 Å². The number of hydrogen-bond donors (Lipinski definition) is 1. The number of benzene rings is 1. The maximum Gasteiger partial charge on any atom is 0.170 e. The molecule has 1 aromatic carbocycles. The molecule has 1 aromatic rings. The van der Waals surface area contributed by atoms with Gasteiger partial charge in [-0.15, -0.1) is 0 Å². The number of Topliss-reactive ketones (excluding diaryl/α,β-unsaturated/α-hetero) is 1. The van der Waals surface area contributed by atoms with Crippen LogP contribution in [-0.2, 0) is 0 Å². The quantitative estimate of drug-likeness (QED) is 0.611. The second-order valence-corrected chi connectivity index (χ2v) is 3.22. The topological polar surface area (TPSA) is 55.4 Å². The fraction of sp³-hybridized carbons (Fsp3) is 0.200. The molecule has 0 unspecified atom stereocenters. The number of nitrogens with two attached hydrogens (primary N) is 1. The van der Waals surface area contributed by atoms with Gasteiger partial charge < -0.3 is 5.73 Å². The number of anilines is 1. The molecule has 3 heteroatoms. The third kappa shape index (κ3) is 1.33. The molecule has 0 saturated carbocycles. The molecule has 0 fully saturated rings. The minimum absolute atomic E-state index is 0.106. The first-order valence-corrected chi connectivity index (χ1v) is 4.14. The van der Waals surface area contributed by atoms with Crippen molar-refractivity contribution in [3.63, 3.8) is 0 Å². The Morgan fingerprint density at radius 1 is 1.46 bits per heavy atom. The number of hydrogen-bond acceptors (Lipinski definition) is 3. The minimum Gasteiger partial charge on any atom is -0.399 e. The molecule has 0 radical (unpaired) electrons. The van der Waals surface area contributed by atoms with E-state index < -0.39 is 0 Å². The summed E-state index contributed by atoms with van der Waals surface area (Å²) in [6, 6.07) is 5.23. The molecule has 66 valence electrons. The molecule has 0 amide bonds. The van der Waals surface area contributed by atoms with Gasteiger partial charge in [0.1, 0.15) is 0 Å². The Morgan fingerprint density at radius 2 is 2.23 bits per heavy atom. The summed E-state index contributed by atoms with van der Waals surface area (Å²) in [6.45, 7) is 1.86. The number of ketones is 1. The SMILES string of the molecule is CC1=Nc2ccc(N)cc2C(=O)C1. The highest BCUT2D eigenvalue weighted by atomic mass is 16.1. The van der Waals surface area contributed by atoms with Crippen molar-refractivity contribution in [1.29, 1.82) is 0 Å². The van der Waals surface area contributed by atoms with Crippen LogP contribution in [0.2, 0.25) is 0 Å². The summed E-state index contributed by atoms with van der Waals surface area (Å²) in [7, 11) is 0. The summed E-state index contributed by atoms with van der Waals surface area (Å²) in [4.78, 5) is 15.8. The van der Waals surface area contributed by atoms with Crippen LogP contribution in [0, 0.1) is 0 Å². The van der Waals surface area contributed by atoms with Gasteiger partial charge in [0.2, 0.25) is 0 Å². The number of nitrogen functional groups attached to an aromatic ring is 1. The number of carbonyl (C=O) groups is 1. The molecule has 3 nitrogen and oxygen atoms in total. The Balaban J connectivity index is 2.63. The highest BCUT2D eigenvalue weighted by Crippen LogP contribution is 2.27. The molecule has 0 bridgehead atoms. The van der Waals surface area contributed by atoms with Crippen LogP contribution in [0.25, 0.3) is 0 Å². The van der Waals surface area contributed by atoms with E-state index in [0.717, 1.165) is 11.4 Å². The first kappa shape index (κ1) is 7.98. The van der Waals surface area contributed by atoms with Crippen molar-refractivity contribution < 1.29 is 4.79 Å². The smallest absolute Gasteiger partial charge is 0.170 e. The average molecular weight is 174 g/mol. The molecule has 0 saturated heterocycles. The molecule has 13 heavy (non-hydrogen) atoms. The van der Waals surface area contributed by atoms with Crippen LogP contribution < -0.4 is 5.73 Å². The Kier molecular flexibility index (Phi) is 1.65. The van der Waals surface area contributed by atoms with E-state index in [4.69, 9.17) is 5.73 Å². The van der Waals surface area contributed by atoms with Gasteiger partial charge in [0.05, 0.1) is 5.69 Å². The largest absolute Gasteiger partial charge is 0.399 e. The van der Waals surface area contributed by atoms with Crippen molar-refractivity contribution >= 4 is 22.9 Å². The van der Waals surface area contributed by atoms with E-state index in [1.807, 2.05) is 6.92 Å². The zero-order chi connectivity index (χ0) is 9.42. The summed E-state index contributed by atoms with van der Waals surface area (Å²) in [5.41, 5.74) is 8.44. The van der Waals surface area contributed by atoms with Crippen LogP contribution >= 0.6 is 0 Å². The second-order valence-electron chi connectivity index (χ2n) is 3.22. The molecule has 1 aliphatic rings. The van der Waals surface area contributed by atoms with E-state index in [1.165, 1.54) is 0 Å². The fourth-order valence-electron chi connectivity index (χ4n) is 1.45. The lowest BCUT2D eigenvalue weighted by Crippen LogP contribution is -2.10. The Hall–Kier alpha value is -1.64. The van der Waals surface area contributed by atoms with E-state index in [1.54, 1.807) is 18.2 Å². The Labute approximate surface area is 76.3 Å². The van der Waals surface area contributed by atoms with Crippen molar-refractivity contribution in [3.8, 4) is 0 Å². The molecule has 0 atom stereocenters. The summed E-state index contributed by atoms with van der Waals surface area (Å²) in [6.07, 6.45) is 0.413. The van der Waals surface area contributed by atoms with Crippen LogP contribution in [0.5, 0.6) is 0 Å². The summed E-state index contributed by atoms with van der Waals surface area (Å²) in [5, 5.41) is 0. The van der Waals surface area contributed by atoms with Gasteiger partial charge in [-0.3, -0.25) is 9.79 Å². The van der Waals surface area contributed by atoms with Crippen LogP contribution in [0.4, 0.5) is 11.4 Å². The number of carbonyl (C=O) groups excluding carboxylic acids is 1. The number of aliphatic imine (C=N–C) groups is 1. The normalized spacial score (nSPS) is 15.2. The van der Waals surface area contributed by atoms with E-state index in [0.29, 0.717) is 17.7 Å². The lowest BCUT2D eigenvalue weighted by Gasteiger charge is -2.11. The Bertz CT molecular complexity index is 407. The first-order chi connectivity index (χ1) is 6.16. The molecule has 0 spiro atoms. The molecule has 0 aromatic heterocycles. The van der Waals surface area contributed by atoms with Gasteiger partial charge >= 0.3 is 0 Å². The van der Waals surface area contributed by atoms with Crippen molar-refractivity contribution in [2.24, 2.45) is 4.99 Å². The van der Waals surface area contributed by atoms with Gasteiger partial charge in [0.25, 0.3) is 0 Å². The molecule has 1 heterocycles. The second kappa shape index (κ2) is 2.69. The van der Waals surface area contributed by atoms with Crippen LogP contribution in [0.3, 0.4) is 0 Å². The number of nitrogens with zero attached hydrogens (tertiary/aromatic N) is 1. The van der Waals surface area contributed by atoms with E-state index >= 15 is 0 Å². The third-order valence-corrected chi connectivity index (χ3v) is 2.05. The monoisotopic (exact) mass is 174 g/mol. The van der Waals surface area contributed by atoms with Gasteiger partial charge in [-0.2, -0.15) is 0 Å². The standard InChI is InChI=1S/C10H10N2O/c1-6-4-10(13)8-5-7(11)2-3-9(8)12-6/h2-3,5H,4,11H2,1H3. The van der Waals surface area contributed by atoms with Crippen molar-refractivity contribution in [1.82, 2.24) is 0 Å². The van der Waals surface area contributed by atoms with Gasteiger partial charge in [-0.05, 0) is 25.1 Å². The maximum atomic E-state index is 11.5. The van der Waals surface area contributed by atoms with Crippen molar-refractivity contribution in [2.45, 2.75) is 13.3 Å². The maximum absolute atomic E-state index is 11.5. The molecule has 1 aliphatic heterocycles. The van der Waals surface area contributed by atoms with Gasteiger partial charge in [0.15, 0.2) is 5.78 Å². The van der Waals surface area contributed by atoms with Gasteiger partial charge in [0, 0.05) is 23.4 Å². The number of rotatable bonds is 0. The molecular formula is C10H10N2O. The lowest BCUT2D eigenvalue weighted by molar-refractivity contribution is 0.1000. The molecule has 2 N–H and O–H groups in total. The zero-order valence-electron chi connectivity index (χ0n) is 7.37.